The number of rotatable bonds is 2. The molecule has 1 aliphatic heterocycles. The second-order valence-corrected chi connectivity index (χ2v) is 6.89. The number of halogens is 1. The lowest BCUT2D eigenvalue weighted by atomic mass is 9.96. The van der Waals surface area contributed by atoms with Crippen LogP contribution in [0.15, 0.2) is 22.7 Å². The van der Waals surface area contributed by atoms with Crippen LogP contribution in [-0.2, 0) is 17.6 Å². The third kappa shape index (κ3) is 2.77. The van der Waals surface area contributed by atoms with Crippen LogP contribution in [0.2, 0.25) is 0 Å². The van der Waals surface area contributed by atoms with E-state index in [2.05, 4.69) is 34.1 Å². The summed E-state index contributed by atoms with van der Waals surface area (Å²) in [5, 5.41) is 9.16. The molecule has 0 aromatic heterocycles. The first kappa shape index (κ1) is 14.1. The summed E-state index contributed by atoms with van der Waals surface area (Å²) in [7, 11) is 0. The number of benzene rings is 1. The van der Waals surface area contributed by atoms with E-state index in [-0.39, 0.29) is 12.5 Å². The molecule has 0 radical (unpaired) electrons. The first-order chi connectivity index (χ1) is 9.67. The molecule has 0 spiro atoms. The lowest BCUT2D eigenvalue weighted by Gasteiger charge is -2.32. The van der Waals surface area contributed by atoms with Gasteiger partial charge in [-0.05, 0) is 54.9 Å². The van der Waals surface area contributed by atoms with Gasteiger partial charge in [0.05, 0.1) is 0 Å². The molecule has 3 rings (SSSR count). The molecule has 108 valence electrons. The molecule has 3 nitrogen and oxygen atoms in total. The summed E-state index contributed by atoms with van der Waals surface area (Å²) in [6.07, 6.45) is 3.62. The molecule has 20 heavy (non-hydrogen) atoms. The number of piperidine rings is 1. The van der Waals surface area contributed by atoms with Crippen molar-refractivity contribution in [2.45, 2.75) is 25.7 Å². The van der Waals surface area contributed by atoms with Crippen LogP contribution >= 0.6 is 15.9 Å². The van der Waals surface area contributed by atoms with E-state index in [9.17, 15) is 4.79 Å². The molecule has 1 heterocycles. The highest BCUT2D eigenvalue weighted by Gasteiger charge is 2.32. The smallest absolute Gasteiger partial charge is 0.226 e. The minimum atomic E-state index is 0.116. The van der Waals surface area contributed by atoms with Crippen LogP contribution in [0.4, 0.5) is 0 Å². The molecule has 0 saturated carbocycles. The third-order valence-electron chi connectivity index (χ3n) is 4.63. The molecule has 1 fully saturated rings. The van der Waals surface area contributed by atoms with Crippen molar-refractivity contribution in [3.63, 3.8) is 0 Å². The van der Waals surface area contributed by atoms with E-state index >= 15 is 0 Å². The van der Waals surface area contributed by atoms with Gasteiger partial charge in [0.25, 0.3) is 0 Å². The summed E-state index contributed by atoms with van der Waals surface area (Å²) in [6.45, 7) is 1.87. The zero-order valence-corrected chi connectivity index (χ0v) is 13.1. The van der Waals surface area contributed by atoms with Crippen molar-refractivity contribution < 1.29 is 9.90 Å². The summed E-state index contributed by atoms with van der Waals surface area (Å²) in [4.78, 5) is 14.6. The van der Waals surface area contributed by atoms with Crippen molar-refractivity contribution in [3.8, 4) is 0 Å². The maximum Gasteiger partial charge on any atom is 0.226 e. The number of aliphatic hydroxyl groups is 1. The monoisotopic (exact) mass is 337 g/mol. The van der Waals surface area contributed by atoms with E-state index in [4.69, 9.17) is 5.11 Å². The predicted molar refractivity (Wildman–Crippen MR) is 81.4 cm³/mol. The van der Waals surface area contributed by atoms with Gasteiger partial charge in [0.1, 0.15) is 0 Å². The number of carbonyl (C=O) groups is 1. The number of hydrogen-bond acceptors (Lipinski definition) is 2. The Morgan fingerprint density at radius 2 is 1.95 bits per heavy atom. The SMILES string of the molecule is O=C(C1Cc2ccc(Br)cc2C1)N1CCC(CO)CC1. The quantitative estimate of drug-likeness (QED) is 0.900. The lowest BCUT2D eigenvalue weighted by Crippen LogP contribution is -2.42. The molecule has 1 amide bonds. The third-order valence-corrected chi connectivity index (χ3v) is 5.13. The van der Waals surface area contributed by atoms with Gasteiger partial charge in [0.2, 0.25) is 5.91 Å². The largest absolute Gasteiger partial charge is 0.396 e. The maximum atomic E-state index is 12.6. The summed E-state index contributed by atoms with van der Waals surface area (Å²) >= 11 is 3.49. The zero-order valence-electron chi connectivity index (χ0n) is 11.5. The van der Waals surface area contributed by atoms with E-state index in [0.717, 1.165) is 43.2 Å². The van der Waals surface area contributed by atoms with Crippen LogP contribution in [0.3, 0.4) is 0 Å². The Morgan fingerprint density at radius 1 is 1.25 bits per heavy atom. The highest BCUT2D eigenvalue weighted by Crippen LogP contribution is 2.31. The minimum Gasteiger partial charge on any atom is -0.396 e. The Bertz CT molecular complexity index is 509. The van der Waals surface area contributed by atoms with Crippen molar-refractivity contribution in [2.24, 2.45) is 11.8 Å². The first-order valence-corrected chi connectivity index (χ1v) is 8.13. The number of likely N-dealkylation sites (tertiary alicyclic amines) is 1. The van der Waals surface area contributed by atoms with Crippen molar-refractivity contribution in [3.05, 3.63) is 33.8 Å². The Labute approximate surface area is 128 Å². The molecule has 0 bridgehead atoms. The fourth-order valence-corrected chi connectivity index (χ4v) is 3.76. The van der Waals surface area contributed by atoms with Crippen molar-refractivity contribution in [2.75, 3.05) is 19.7 Å². The Kier molecular flexibility index (Phi) is 4.13. The first-order valence-electron chi connectivity index (χ1n) is 7.34. The highest BCUT2D eigenvalue weighted by atomic mass is 79.9. The van der Waals surface area contributed by atoms with E-state index < -0.39 is 0 Å². The number of nitrogens with zero attached hydrogens (tertiary/aromatic N) is 1. The fraction of sp³-hybridized carbons (Fsp3) is 0.562. The molecule has 1 N–H and O–H groups in total. The Balaban J connectivity index is 1.63. The van der Waals surface area contributed by atoms with Crippen LogP contribution in [0.1, 0.15) is 24.0 Å². The van der Waals surface area contributed by atoms with Crippen LogP contribution in [0.5, 0.6) is 0 Å². The van der Waals surface area contributed by atoms with E-state index in [1.807, 2.05) is 4.90 Å². The fourth-order valence-electron chi connectivity index (χ4n) is 3.36. The van der Waals surface area contributed by atoms with E-state index in [0.29, 0.717) is 11.8 Å². The van der Waals surface area contributed by atoms with Crippen LogP contribution in [0.25, 0.3) is 0 Å². The molecular formula is C16H20BrNO2. The van der Waals surface area contributed by atoms with Gasteiger partial charge in [-0.3, -0.25) is 4.79 Å². The molecule has 2 aliphatic rings. The van der Waals surface area contributed by atoms with Crippen LogP contribution in [0, 0.1) is 11.8 Å². The summed E-state index contributed by atoms with van der Waals surface area (Å²) < 4.78 is 1.09. The highest BCUT2D eigenvalue weighted by molar-refractivity contribution is 9.10. The number of amides is 1. The van der Waals surface area contributed by atoms with Gasteiger partial charge in [-0.25, -0.2) is 0 Å². The summed E-state index contributed by atoms with van der Waals surface area (Å²) in [5.74, 6) is 0.800. The van der Waals surface area contributed by atoms with Gasteiger partial charge in [-0.1, -0.05) is 22.0 Å². The average molecular weight is 338 g/mol. The second kappa shape index (κ2) is 5.86. The molecule has 1 aromatic rings. The lowest BCUT2D eigenvalue weighted by molar-refractivity contribution is -0.136. The molecular weight excluding hydrogens is 318 g/mol. The molecule has 1 atom stereocenters. The summed E-state index contributed by atoms with van der Waals surface area (Å²) in [6, 6.07) is 6.32. The Hall–Kier alpha value is -0.870. The zero-order chi connectivity index (χ0) is 14.1. The predicted octanol–water partition coefficient (Wildman–Crippen LogP) is 2.39. The number of carbonyl (C=O) groups excluding carboxylic acids is 1. The van der Waals surface area contributed by atoms with Gasteiger partial charge in [0.15, 0.2) is 0 Å². The maximum absolute atomic E-state index is 12.6. The summed E-state index contributed by atoms with van der Waals surface area (Å²) in [5.41, 5.74) is 2.62. The standard InChI is InChI=1S/C16H20BrNO2/c17-15-2-1-12-7-14(8-13(12)9-15)16(20)18-5-3-11(10-19)4-6-18/h1-2,9,11,14,19H,3-8,10H2. The van der Waals surface area contributed by atoms with Crippen molar-refractivity contribution in [1.82, 2.24) is 4.90 Å². The van der Waals surface area contributed by atoms with Gasteiger partial charge in [-0.15, -0.1) is 0 Å². The normalized spacial score (nSPS) is 22.9. The topological polar surface area (TPSA) is 40.5 Å². The molecule has 1 aliphatic carbocycles. The number of hydrogen-bond donors (Lipinski definition) is 1. The molecule has 1 saturated heterocycles. The van der Waals surface area contributed by atoms with E-state index in [1.165, 1.54) is 11.1 Å². The molecule has 1 aromatic carbocycles. The van der Waals surface area contributed by atoms with Crippen molar-refractivity contribution >= 4 is 21.8 Å². The van der Waals surface area contributed by atoms with Gasteiger partial charge in [0, 0.05) is 30.1 Å². The van der Waals surface area contributed by atoms with Crippen molar-refractivity contribution in [1.29, 1.82) is 0 Å². The molecule has 4 heteroatoms. The second-order valence-electron chi connectivity index (χ2n) is 5.97. The van der Waals surface area contributed by atoms with Gasteiger partial charge in [-0.2, -0.15) is 0 Å². The van der Waals surface area contributed by atoms with E-state index in [1.54, 1.807) is 0 Å². The molecule has 1 unspecified atom stereocenters. The van der Waals surface area contributed by atoms with Crippen LogP contribution < -0.4 is 0 Å². The Morgan fingerprint density at radius 3 is 2.65 bits per heavy atom. The average Bonchev–Trinajstić information content (AvgIpc) is 2.89. The number of fused-ring (bicyclic) bond motifs is 1. The number of aliphatic hydroxyl groups excluding tert-OH is 1. The van der Waals surface area contributed by atoms with Crippen LogP contribution in [-0.4, -0.2) is 35.6 Å². The van der Waals surface area contributed by atoms with Gasteiger partial charge >= 0.3 is 0 Å². The van der Waals surface area contributed by atoms with Gasteiger partial charge < -0.3 is 10.0 Å². The minimum absolute atomic E-state index is 0.116.